The number of ether oxygens (including phenoxy) is 2. The van der Waals surface area contributed by atoms with Gasteiger partial charge in [0.05, 0.1) is 24.4 Å². The highest BCUT2D eigenvalue weighted by molar-refractivity contribution is 6.31. The predicted octanol–water partition coefficient (Wildman–Crippen LogP) is 3.29. The lowest BCUT2D eigenvalue weighted by Gasteiger charge is -2.12. The van der Waals surface area contributed by atoms with Crippen LogP contribution in [0.15, 0.2) is 30.6 Å². The molecule has 10 heteroatoms. The maximum atomic E-state index is 12.1. The van der Waals surface area contributed by atoms with Gasteiger partial charge in [-0.15, -0.1) is 0 Å². The molecule has 29 heavy (non-hydrogen) atoms. The molecule has 4 rings (SSSR count). The van der Waals surface area contributed by atoms with Crippen molar-refractivity contribution in [3.8, 4) is 17.1 Å². The number of halogens is 1. The van der Waals surface area contributed by atoms with E-state index in [1.807, 2.05) is 26.1 Å². The average molecular weight is 415 g/mol. The summed E-state index contributed by atoms with van der Waals surface area (Å²) in [5, 5.41) is 8.77. The topological polar surface area (TPSA) is 107 Å². The molecule has 0 bridgehead atoms. The van der Waals surface area contributed by atoms with Gasteiger partial charge in [0.25, 0.3) is 0 Å². The van der Waals surface area contributed by atoms with Gasteiger partial charge in [-0.1, -0.05) is 11.6 Å². The van der Waals surface area contributed by atoms with E-state index in [9.17, 15) is 4.79 Å². The number of aryl methyl sites for hydroxylation is 1. The molecule has 4 aromatic rings. The van der Waals surface area contributed by atoms with Crippen molar-refractivity contribution in [3.05, 3.63) is 35.6 Å². The van der Waals surface area contributed by atoms with Crippen molar-refractivity contribution in [2.45, 2.75) is 13.0 Å². The number of benzene rings is 1. The molecule has 0 aliphatic heterocycles. The number of aromatic amines is 1. The van der Waals surface area contributed by atoms with E-state index in [1.54, 1.807) is 30.3 Å². The Bertz CT molecular complexity index is 1200. The Balaban J connectivity index is 1.68. The molecular weight excluding hydrogens is 396 g/mol. The molecule has 0 saturated carbocycles. The zero-order chi connectivity index (χ0) is 20.5. The minimum absolute atomic E-state index is 0.189. The fourth-order valence-corrected chi connectivity index (χ4v) is 3.27. The quantitative estimate of drug-likeness (QED) is 0.519. The van der Waals surface area contributed by atoms with Crippen molar-refractivity contribution in [1.29, 1.82) is 0 Å². The fraction of sp³-hybridized carbons (Fsp3) is 0.263. The van der Waals surface area contributed by atoms with Crippen LogP contribution in [0, 0.1) is 0 Å². The molecule has 0 radical (unpaired) electrons. The van der Waals surface area contributed by atoms with Gasteiger partial charge in [-0.2, -0.15) is 5.10 Å². The van der Waals surface area contributed by atoms with Crippen LogP contribution in [-0.2, 0) is 11.8 Å². The van der Waals surface area contributed by atoms with E-state index in [-0.39, 0.29) is 11.8 Å². The van der Waals surface area contributed by atoms with Crippen LogP contribution in [0.3, 0.4) is 0 Å². The number of fused-ring (bicyclic) bond motifs is 2. The van der Waals surface area contributed by atoms with Gasteiger partial charge in [0.15, 0.2) is 16.9 Å². The second-order valence-electron chi connectivity index (χ2n) is 6.63. The molecule has 9 nitrogen and oxygen atoms in total. The second kappa shape index (κ2) is 7.69. The first-order chi connectivity index (χ1) is 14.0. The molecule has 2 N–H and O–H groups in total. The normalized spacial score (nSPS) is 12.4. The average Bonchev–Trinajstić information content (AvgIpc) is 3.22. The van der Waals surface area contributed by atoms with E-state index in [0.29, 0.717) is 34.2 Å². The Hall–Kier alpha value is -3.17. The lowest BCUT2D eigenvalue weighted by molar-refractivity contribution is 0.159. The first-order valence-corrected chi connectivity index (χ1v) is 9.28. The smallest absolute Gasteiger partial charge is 0.406 e. The summed E-state index contributed by atoms with van der Waals surface area (Å²) in [6, 6.07) is 5.35. The predicted molar refractivity (Wildman–Crippen MR) is 109 cm³/mol. The van der Waals surface area contributed by atoms with Crippen molar-refractivity contribution in [1.82, 2.24) is 30.0 Å². The first-order valence-electron chi connectivity index (χ1n) is 8.90. The summed E-state index contributed by atoms with van der Waals surface area (Å²) in [5.41, 5.74) is 3.04. The molecule has 1 unspecified atom stereocenters. The van der Waals surface area contributed by atoms with Crippen LogP contribution in [0.5, 0.6) is 5.75 Å². The van der Waals surface area contributed by atoms with Gasteiger partial charge >= 0.3 is 6.09 Å². The van der Waals surface area contributed by atoms with Crippen LogP contribution < -0.4 is 10.1 Å². The van der Waals surface area contributed by atoms with Gasteiger partial charge in [0.1, 0.15) is 11.4 Å². The molecule has 0 spiro atoms. The summed E-state index contributed by atoms with van der Waals surface area (Å²) in [5.74, 6) is 0.278. The molecule has 150 valence electrons. The Labute approximate surface area is 171 Å². The number of methoxy groups -OCH3 is 1. The monoisotopic (exact) mass is 414 g/mol. The van der Waals surface area contributed by atoms with E-state index in [2.05, 4.69) is 25.4 Å². The lowest BCUT2D eigenvalue weighted by Crippen LogP contribution is -2.37. The number of hydrogen-bond acceptors (Lipinski definition) is 6. The summed E-state index contributed by atoms with van der Waals surface area (Å²) in [4.78, 5) is 24.1. The maximum absolute atomic E-state index is 12.1. The Kier molecular flexibility index (Phi) is 5.08. The Morgan fingerprint density at radius 3 is 3.03 bits per heavy atom. The van der Waals surface area contributed by atoms with Crippen LogP contribution in [-0.4, -0.2) is 50.6 Å². The number of hydrogen-bond donors (Lipinski definition) is 2. The summed E-state index contributed by atoms with van der Waals surface area (Å²) in [6.07, 6.45) is 2.57. The minimum Gasteiger partial charge on any atom is -0.406 e. The van der Waals surface area contributed by atoms with Crippen molar-refractivity contribution >= 4 is 39.8 Å². The van der Waals surface area contributed by atoms with Crippen molar-refractivity contribution in [2.24, 2.45) is 7.05 Å². The van der Waals surface area contributed by atoms with E-state index >= 15 is 0 Å². The number of nitrogens with zero attached hydrogens (tertiary/aromatic N) is 4. The molecule has 1 aromatic carbocycles. The van der Waals surface area contributed by atoms with Crippen molar-refractivity contribution in [2.75, 3.05) is 13.7 Å². The van der Waals surface area contributed by atoms with Crippen molar-refractivity contribution in [3.63, 3.8) is 0 Å². The first kappa shape index (κ1) is 19.2. The van der Waals surface area contributed by atoms with Crippen LogP contribution in [0.25, 0.3) is 33.5 Å². The number of amides is 1. The molecule has 1 amide bonds. The number of carbonyl (C=O) groups is 1. The highest BCUT2D eigenvalue weighted by Gasteiger charge is 2.17. The number of carbonyl (C=O) groups excluding carboxylic acids is 1. The van der Waals surface area contributed by atoms with Crippen LogP contribution >= 0.6 is 11.6 Å². The van der Waals surface area contributed by atoms with Gasteiger partial charge in [-0.25, -0.2) is 14.8 Å². The fourth-order valence-electron chi connectivity index (χ4n) is 3.10. The number of H-pyrrole nitrogens is 1. The van der Waals surface area contributed by atoms with Crippen molar-refractivity contribution < 1.29 is 14.3 Å². The summed E-state index contributed by atoms with van der Waals surface area (Å²) >= 11 is 6.10. The molecule has 3 heterocycles. The Morgan fingerprint density at radius 1 is 1.41 bits per heavy atom. The molecule has 0 aliphatic carbocycles. The minimum atomic E-state index is -0.597. The van der Waals surface area contributed by atoms with Gasteiger partial charge in [-0.3, -0.25) is 4.68 Å². The molecular formula is C19H19ClN6O3. The SMILES string of the molecule is COCC(C)NC(=O)Oc1c[nH]c2ncc(-c3nn(C)c4cc(Cl)ccc34)nc12. The standard InChI is InChI=1S/C19H19ClN6O3/c1-10(9-28-3)23-19(27)29-15-8-22-18-17(15)24-13(7-21-18)16-12-5-4-11(20)6-14(12)26(2)25-16/h4-8,10H,9H2,1-3H3,(H,21,22)(H,23,27). The van der Waals surface area contributed by atoms with Crippen LogP contribution in [0.2, 0.25) is 5.02 Å². The van der Waals surface area contributed by atoms with E-state index in [1.165, 1.54) is 0 Å². The molecule has 1 atom stereocenters. The van der Waals surface area contributed by atoms with E-state index in [0.717, 1.165) is 10.9 Å². The molecule has 0 saturated heterocycles. The zero-order valence-corrected chi connectivity index (χ0v) is 16.8. The summed E-state index contributed by atoms with van der Waals surface area (Å²) in [7, 11) is 3.40. The summed E-state index contributed by atoms with van der Waals surface area (Å²) in [6.45, 7) is 2.19. The van der Waals surface area contributed by atoms with Gasteiger partial charge in [-0.05, 0) is 25.1 Å². The molecule has 0 fully saturated rings. The third kappa shape index (κ3) is 3.74. The summed E-state index contributed by atoms with van der Waals surface area (Å²) < 4.78 is 12.1. The number of aromatic nitrogens is 5. The van der Waals surface area contributed by atoms with Crippen LogP contribution in [0.1, 0.15) is 6.92 Å². The second-order valence-corrected chi connectivity index (χ2v) is 7.07. The highest BCUT2D eigenvalue weighted by atomic mass is 35.5. The van der Waals surface area contributed by atoms with E-state index < -0.39 is 6.09 Å². The lowest BCUT2D eigenvalue weighted by atomic mass is 10.2. The third-order valence-corrected chi connectivity index (χ3v) is 4.62. The van der Waals surface area contributed by atoms with Gasteiger partial charge in [0.2, 0.25) is 0 Å². The number of nitrogens with one attached hydrogen (secondary N) is 2. The van der Waals surface area contributed by atoms with Gasteiger partial charge < -0.3 is 19.8 Å². The van der Waals surface area contributed by atoms with Gasteiger partial charge in [0, 0.05) is 30.8 Å². The van der Waals surface area contributed by atoms with Crippen LogP contribution in [0.4, 0.5) is 4.79 Å². The number of rotatable bonds is 5. The third-order valence-electron chi connectivity index (χ3n) is 4.39. The largest absolute Gasteiger partial charge is 0.413 e. The molecule has 0 aliphatic rings. The Morgan fingerprint density at radius 2 is 2.24 bits per heavy atom. The maximum Gasteiger partial charge on any atom is 0.413 e. The zero-order valence-electron chi connectivity index (χ0n) is 16.1. The highest BCUT2D eigenvalue weighted by Crippen LogP contribution is 2.30. The van der Waals surface area contributed by atoms with E-state index in [4.69, 9.17) is 21.1 Å². The molecule has 3 aromatic heterocycles.